The SMILES string of the molecule is COC(=O)CC1CN(CC2(CC#N)CC2)CCO1. The van der Waals surface area contributed by atoms with Crippen LogP contribution in [0.5, 0.6) is 0 Å². The average molecular weight is 252 g/mol. The maximum atomic E-state index is 11.2. The van der Waals surface area contributed by atoms with Crippen molar-refractivity contribution in [1.29, 1.82) is 5.26 Å². The minimum Gasteiger partial charge on any atom is -0.469 e. The van der Waals surface area contributed by atoms with Crippen molar-refractivity contribution in [3.63, 3.8) is 0 Å². The second-order valence-corrected chi connectivity index (χ2v) is 5.34. The molecular formula is C13H20N2O3. The molecule has 0 bridgehead atoms. The minimum absolute atomic E-state index is 0.0657. The summed E-state index contributed by atoms with van der Waals surface area (Å²) in [7, 11) is 1.40. The van der Waals surface area contributed by atoms with Crippen LogP contribution >= 0.6 is 0 Å². The highest BCUT2D eigenvalue weighted by atomic mass is 16.5. The smallest absolute Gasteiger partial charge is 0.308 e. The van der Waals surface area contributed by atoms with Crippen LogP contribution in [0.3, 0.4) is 0 Å². The number of esters is 1. The molecule has 2 fully saturated rings. The number of hydrogen-bond donors (Lipinski definition) is 0. The molecule has 1 heterocycles. The predicted molar refractivity (Wildman–Crippen MR) is 64.7 cm³/mol. The highest BCUT2D eigenvalue weighted by molar-refractivity contribution is 5.69. The van der Waals surface area contributed by atoms with E-state index in [4.69, 9.17) is 10.00 Å². The number of carbonyl (C=O) groups is 1. The van der Waals surface area contributed by atoms with Gasteiger partial charge in [-0.2, -0.15) is 5.26 Å². The van der Waals surface area contributed by atoms with Gasteiger partial charge in [0.1, 0.15) is 0 Å². The summed E-state index contributed by atoms with van der Waals surface area (Å²) < 4.78 is 10.2. The number of rotatable bonds is 5. The van der Waals surface area contributed by atoms with Crippen molar-refractivity contribution >= 4 is 5.97 Å². The Balaban J connectivity index is 1.80. The van der Waals surface area contributed by atoms with Gasteiger partial charge in [0.15, 0.2) is 0 Å². The first-order chi connectivity index (χ1) is 8.67. The summed E-state index contributed by atoms with van der Waals surface area (Å²) in [6, 6.07) is 2.28. The minimum atomic E-state index is -0.222. The van der Waals surface area contributed by atoms with E-state index in [1.54, 1.807) is 0 Å². The van der Waals surface area contributed by atoms with Gasteiger partial charge in [-0.1, -0.05) is 0 Å². The summed E-state index contributed by atoms with van der Waals surface area (Å²) in [5.74, 6) is -0.222. The maximum Gasteiger partial charge on any atom is 0.308 e. The molecule has 18 heavy (non-hydrogen) atoms. The largest absolute Gasteiger partial charge is 0.469 e. The van der Waals surface area contributed by atoms with E-state index in [1.807, 2.05) is 0 Å². The number of ether oxygens (including phenoxy) is 2. The Bertz CT molecular complexity index is 347. The predicted octanol–water partition coefficient (Wildman–Crippen LogP) is 0.944. The molecule has 1 saturated heterocycles. The molecule has 0 N–H and O–H groups in total. The van der Waals surface area contributed by atoms with Crippen molar-refractivity contribution in [2.45, 2.75) is 31.8 Å². The molecule has 2 aliphatic rings. The fraction of sp³-hybridized carbons (Fsp3) is 0.846. The zero-order valence-electron chi connectivity index (χ0n) is 10.9. The standard InChI is InChI=1S/C13H20N2O3/c1-17-12(16)8-11-9-15(6-7-18-11)10-13(2-3-13)4-5-14/h11H,2-4,6-10H2,1H3. The maximum absolute atomic E-state index is 11.2. The van der Waals surface area contributed by atoms with Crippen molar-refractivity contribution in [3.8, 4) is 6.07 Å². The summed E-state index contributed by atoms with van der Waals surface area (Å²) in [4.78, 5) is 13.5. The van der Waals surface area contributed by atoms with E-state index in [0.717, 1.165) is 32.5 Å². The molecule has 5 nitrogen and oxygen atoms in total. The number of nitriles is 1. The molecule has 5 heteroatoms. The molecule has 0 spiro atoms. The van der Waals surface area contributed by atoms with Crippen LogP contribution in [-0.2, 0) is 14.3 Å². The molecule has 1 aliphatic carbocycles. The van der Waals surface area contributed by atoms with E-state index in [-0.39, 0.29) is 17.5 Å². The summed E-state index contributed by atoms with van der Waals surface area (Å²) in [6.07, 6.45) is 3.20. The summed E-state index contributed by atoms with van der Waals surface area (Å²) >= 11 is 0. The lowest BCUT2D eigenvalue weighted by molar-refractivity contribution is -0.145. The first kappa shape index (κ1) is 13.3. The number of nitrogens with zero attached hydrogens (tertiary/aromatic N) is 2. The molecule has 1 saturated carbocycles. The Labute approximate surface area is 108 Å². The molecule has 1 unspecified atom stereocenters. The van der Waals surface area contributed by atoms with E-state index in [0.29, 0.717) is 19.4 Å². The van der Waals surface area contributed by atoms with Gasteiger partial charge in [-0.05, 0) is 18.3 Å². The van der Waals surface area contributed by atoms with E-state index in [2.05, 4.69) is 15.7 Å². The summed E-state index contributed by atoms with van der Waals surface area (Å²) in [6.45, 7) is 3.28. The highest BCUT2D eigenvalue weighted by Crippen LogP contribution is 2.49. The molecule has 0 aromatic rings. The van der Waals surface area contributed by atoms with Gasteiger partial charge in [-0.3, -0.25) is 9.69 Å². The van der Waals surface area contributed by atoms with Crippen molar-refractivity contribution in [1.82, 2.24) is 4.90 Å². The molecule has 1 atom stereocenters. The van der Waals surface area contributed by atoms with Gasteiger partial charge in [0.2, 0.25) is 0 Å². The van der Waals surface area contributed by atoms with Gasteiger partial charge < -0.3 is 9.47 Å². The number of hydrogen-bond acceptors (Lipinski definition) is 5. The van der Waals surface area contributed by atoms with Crippen LogP contribution < -0.4 is 0 Å². The molecule has 0 amide bonds. The van der Waals surface area contributed by atoms with Gasteiger partial charge >= 0.3 is 5.97 Å². The van der Waals surface area contributed by atoms with E-state index >= 15 is 0 Å². The van der Waals surface area contributed by atoms with Crippen LogP contribution in [0.4, 0.5) is 0 Å². The quantitative estimate of drug-likeness (QED) is 0.681. The average Bonchev–Trinajstić information content (AvgIpc) is 3.09. The van der Waals surface area contributed by atoms with Crippen LogP contribution in [0.1, 0.15) is 25.7 Å². The van der Waals surface area contributed by atoms with E-state index in [9.17, 15) is 4.79 Å². The van der Waals surface area contributed by atoms with E-state index < -0.39 is 0 Å². The Hall–Kier alpha value is -1.12. The molecular weight excluding hydrogens is 232 g/mol. The molecule has 2 rings (SSSR count). The fourth-order valence-electron chi connectivity index (χ4n) is 2.53. The molecule has 100 valence electrons. The molecule has 0 aromatic carbocycles. The molecule has 0 radical (unpaired) electrons. The lowest BCUT2D eigenvalue weighted by Gasteiger charge is -2.34. The van der Waals surface area contributed by atoms with Crippen molar-refractivity contribution < 1.29 is 14.3 Å². The van der Waals surface area contributed by atoms with Crippen LogP contribution in [0.2, 0.25) is 0 Å². The van der Waals surface area contributed by atoms with Gasteiger partial charge in [0.05, 0.1) is 32.3 Å². The third-order valence-corrected chi connectivity index (χ3v) is 3.82. The van der Waals surface area contributed by atoms with Crippen LogP contribution in [-0.4, -0.2) is 50.3 Å². The normalized spacial score (nSPS) is 26.3. The second-order valence-electron chi connectivity index (χ2n) is 5.34. The first-order valence-corrected chi connectivity index (χ1v) is 6.45. The van der Waals surface area contributed by atoms with Crippen molar-refractivity contribution in [3.05, 3.63) is 0 Å². The lowest BCUT2D eigenvalue weighted by Crippen LogP contribution is -2.45. The van der Waals surface area contributed by atoms with Crippen LogP contribution in [0.15, 0.2) is 0 Å². The van der Waals surface area contributed by atoms with Crippen LogP contribution in [0, 0.1) is 16.7 Å². The number of carbonyl (C=O) groups excluding carboxylic acids is 1. The Kier molecular flexibility index (Phi) is 4.20. The Morgan fingerprint density at radius 2 is 2.39 bits per heavy atom. The Morgan fingerprint density at radius 1 is 1.61 bits per heavy atom. The van der Waals surface area contributed by atoms with Gasteiger partial charge in [0.25, 0.3) is 0 Å². The zero-order valence-corrected chi connectivity index (χ0v) is 10.9. The van der Waals surface area contributed by atoms with E-state index in [1.165, 1.54) is 7.11 Å². The summed E-state index contributed by atoms with van der Waals surface area (Å²) in [5.41, 5.74) is 0.224. The summed E-state index contributed by atoms with van der Waals surface area (Å²) in [5, 5.41) is 8.82. The molecule has 0 aromatic heterocycles. The monoisotopic (exact) mass is 252 g/mol. The van der Waals surface area contributed by atoms with Gasteiger partial charge in [-0.25, -0.2) is 0 Å². The lowest BCUT2D eigenvalue weighted by atomic mass is 10.0. The Morgan fingerprint density at radius 3 is 3.00 bits per heavy atom. The number of morpholine rings is 1. The first-order valence-electron chi connectivity index (χ1n) is 6.45. The fourth-order valence-corrected chi connectivity index (χ4v) is 2.53. The van der Waals surface area contributed by atoms with Crippen molar-refractivity contribution in [2.24, 2.45) is 5.41 Å². The zero-order chi connectivity index (χ0) is 13.0. The van der Waals surface area contributed by atoms with Crippen molar-refractivity contribution in [2.75, 3.05) is 33.4 Å². The highest BCUT2D eigenvalue weighted by Gasteiger charge is 2.44. The topological polar surface area (TPSA) is 62.6 Å². The van der Waals surface area contributed by atoms with Gasteiger partial charge in [-0.15, -0.1) is 0 Å². The third kappa shape index (κ3) is 3.44. The van der Waals surface area contributed by atoms with Gasteiger partial charge in [0, 0.05) is 26.1 Å². The third-order valence-electron chi connectivity index (χ3n) is 3.82. The van der Waals surface area contributed by atoms with Crippen LogP contribution in [0.25, 0.3) is 0 Å². The second kappa shape index (κ2) is 5.68. The number of methoxy groups -OCH3 is 1. The molecule has 1 aliphatic heterocycles.